The lowest BCUT2D eigenvalue weighted by Crippen LogP contribution is -2.04. The predicted octanol–water partition coefficient (Wildman–Crippen LogP) is 2.83. The standard InChI is InChI=1S/C11H16O/c1-3-10(9-12-2)11-7-5-4-6-8-11/h4-8,10H,3,9H2,1-2H3/t10-/m0/s1. The van der Waals surface area contributed by atoms with Gasteiger partial charge < -0.3 is 4.74 Å². The molecule has 0 fully saturated rings. The van der Waals surface area contributed by atoms with E-state index in [1.165, 1.54) is 5.56 Å². The van der Waals surface area contributed by atoms with Crippen LogP contribution in [0, 0.1) is 0 Å². The molecule has 0 heterocycles. The second-order valence-corrected chi connectivity index (χ2v) is 2.97. The molecule has 1 atom stereocenters. The van der Waals surface area contributed by atoms with Gasteiger partial charge in [-0.1, -0.05) is 37.3 Å². The van der Waals surface area contributed by atoms with Crippen LogP contribution in [-0.2, 0) is 4.74 Å². The third kappa shape index (κ3) is 2.35. The number of methoxy groups -OCH3 is 1. The van der Waals surface area contributed by atoms with E-state index in [1.807, 2.05) is 6.07 Å². The van der Waals surface area contributed by atoms with Crippen LogP contribution in [0.5, 0.6) is 0 Å². The van der Waals surface area contributed by atoms with Crippen LogP contribution in [0.2, 0.25) is 0 Å². The Hall–Kier alpha value is -0.820. The SMILES string of the molecule is CC[C@@H](COC)c1ccccc1. The Kier molecular flexibility index (Phi) is 3.81. The Morgan fingerprint density at radius 3 is 2.42 bits per heavy atom. The second kappa shape index (κ2) is 4.94. The van der Waals surface area contributed by atoms with Crippen molar-refractivity contribution in [3.05, 3.63) is 35.9 Å². The highest BCUT2D eigenvalue weighted by atomic mass is 16.5. The van der Waals surface area contributed by atoms with E-state index in [0.29, 0.717) is 5.92 Å². The van der Waals surface area contributed by atoms with Crippen molar-refractivity contribution in [2.24, 2.45) is 0 Å². The molecule has 0 unspecified atom stereocenters. The normalized spacial score (nSPS) is 12.8. The van der Waals surface area contributed by atoms with Gasteiger partial charge in [-0.3, -0.25) is 0 Å². The minimum Gasteiger partial charge on any atom is -0.384 e. The second-order valence-electron chi connectivity index (χ2n) is 2.97. The molecule has 1 nitrogen and oxygen atoms in total. The molecule has 0 aliphatic rings. The molecule has 0 amide bonds. The Balaban J connectivity index is 2.66. The topological polar surface area (TPSA) is 9.23 Å². The van der Waals surface area contributed by atoms with Gasteiger partial charge in [-0.05, 0) is 12.0 Å². The van der Waals surface area contributed by atoms with Gasteiger partial charge in [0.25, 0.3) is 0 Å². The largest absolute Gasteiger partial charge is 0.384 e. The highest BCUT2D eigenvalue weighted by Crippen LogP contribution is 2.18. The van der Waals surface area contributed by atoms with Crippen LogP contribution in [0.4, 0.5) is 0 Å². The summed E-state index contributed by atoms with van der Waals surface area (Å²) in [6, 6.07) is 10.5. The Bertz CT molecular complexity index is 206. The first kappa shape index (κ1) is 9.27. The van der Waals surface area contributed by atoms with Crippen molar-refractivity contribution < 1.29 is 4.74 Å². The van der Waals surface area contributed by atoms with E-state index in [9.17, 15) is 0 Å². The highest BCUT2D eigenvalue weighted by molar-refractivity contribution is 5.19. The lowest BCUT2D eigenvalue weighted by atomic mass is 9.98. The van der Waals surface area contributed by atoms with Gasteiger partial charge in [-0.2, -0.15) is 0 Å². The maximum absolute atomic E-state index is 5.15. The molecule has 0 N–H and O–H groups in total. The Morgan fingerprint density at radius 1 is 1.25 bits per heavy atom. The van der Waals surface area contributed by atoms with E-state index in [2.05, 4.69) is 31.2 Å². The molecular formula is C11H16O. The van der Waals surface area contributed by atoms with E-state index < -0.39 is 0 Å². The zero-order valence-corrected chi connectivity index (χ0v) is 7.79. The van der Waals surface area contributed by atoms with E-state index in [4.69, 9.17) is 4.74 Å². The molecule has 1 aromatic rings. The van der Waals surface area contributed by atoms with Gasteiger partial charge in [0.05, 0.1) is 6.61 Å². The minimum atomic E-state index is 0.552. The lowest BCUT2D eigenvalue weighted by molar-refractivity contribution is 0.177. The van der Waals surface area contributed by atoms with Crippen molar-refractivity contribution in [1.29, 1.82) is 0 Å². The molecule has 1 heteroatoms. The van der Waals surface area contributed by atoms with Gasteiger partial charge in [-0.25, -0.2) is 0 Å². The first-order chi connectivity index (χ1) is 5.88. The maximum Gasteiger partial charge on any atom is 0.0530 e. The lowest BCUT2D eigenvalue weighted by Gasteiger charge is -2.13. The first-order valence-electron chi connectivity index (χ1n) is 4.42. The molecule has 66 valence electrons. The summed E-state index contributed by atoms with van der Waals surface area (Å²) in [5, 5.41) is 0. The van der Waals surface area contributed by atoms with Crippen LogP contribution in [0.3, 0.4) is 0 Å². The molecule has 0 spiro atoms. The van der Waals surface area contributed by atoms with Gasteiger partial charge in [0.2, 0.25) is 0 Å². The zero-order chi connectivity index (χ0) is 8.81. The summed E-state index contributed by atoms with van der Waals surface area (Å²) in [5.41, 5.74) is 1.38. The van der Waals surface area contributed by atoms with Gasteiger partial charge in [0.1, 0.15) is 0 Å². The van der Waals surface area contributed by atoms with Crippen LogP contribution in [-0.4, -0.2) is 13.7 Å². The fourth-order valence-corrected chi connectivity index (χ4v) is 1.38. The van der Waals surface area contributed by atoms with Crippen LogP contribution < -0.4 is 0 Å². The quantitative estimate of drug-likeness (QED) is 0.665. The fourth-order valence-electron chi connectivity index (χ4n) is 1.38. The van der Waals surface area contributed by atoms with Crippen molar-refractivity contribution in [2.45, 2.75) is 19.3 Å². The molecule has 12 heavy (non-hydrogen) atoms. The number of hydrogen-bond donors (Lipinski definition) is 0. The third-order valence-electron chi connectivity index (χ3n) is 2.13. The molecule has 0 aliphatic heterocycles. The smallest absolute Gasteiger partial charge is 0.0530 e. The molecule has 1 aromatic carbocycles. The molecule has 0 aliphatic carbocycles. The molecule has 0 radical (unpaired) electrons. The Morgan fingerprint density at radius 2 is 1.92 bits per heavy atom. The molecule has 0 saturated carbocycles. The summed E-state index contributed by atoms with van der Waals surface area (Å²) >= 11 is 0. The van der Waals surface area contributed by atoms with Gasteiger partial charge in [-0.15, -0.1) is 0 Å². The van der Waals surface area contributed by atoms with Crippen molar-refractivity contribution in [2.75, 3.05) is 13.7 Å². The Labute approximate surface area is 74.4 Å². The monoisotopic (exact) mass is 164 g/mol. The van der Waals surface area contributed by atoms with Gasteiger partial charge >= 0.3 is 0 Å². The summed E-state index contributed by atoms with van der Waals surface area (Å²) in [6.07, 6.45) is 1.14. The van der Waals surface area contributed by atoms with Crippen LogP contribution in [0.25, 0.3) is 0 Å². The first-order valence-corrected chi connectivity index (χ1v) is 4.42. The number of hydrogen-bond acceptors (Lipinski definition) is 1. The third-order valence-corrected chi connectivity index (χ3v) is 2.13. The average Bonchev–Trinajstić information content (AvgIpc) is 2.15. The summed E-state index contributed by atoms with van der Waals surface area (Å²) in [6.45, 7) is 3.01. The van der Waals surface area contributed by atoms with Crippen LogP contribution in [0.1, 0.15) is 24.8 Å². The van der Waals surface area contributed by atoms with Crippen LogP contribution >= 0.6 is 0 Å². The van der Waals surface area contributed by atoms with Crippen LogP contribution in [0.15, 0.2) is 30.3 Å². The molecule has 0 aromatic heterocycles. The average molecular weight is 164 g/mol. The highest BCUT2D eigenvalue weighted by Gasteiger charge is 2.06. The van der Waals surface area contributed by atoms with E-state index in [1.54, 1.807) is 7.11 Å². The van der Waals surface area contributed by atoms with Crippen molar-refractivity contribution in [1.82, 2.24) is 0 Å². The van der Waals surface area contributed by atoms with E-state index in [-0.39, 0.29) is 0 Å². The molecular weight excluding hydrogens is 148 g/mol. The molecule has 0 bridgehead atoms. The fraction of sp³-hybridized carbons (Fsp3) is 0.455. The maximum atomic E-state index is 5.15. The van der Waals surface area contributed by atoms with Crippen molar-refractivity contribution in [3.63, 3.8) is 0 Å². The summed E-state index contributed by atoms with van der Waals surface area (Å²) in [4.78, 5) is 0. The minimum absolute atomic E-state index is 0.552. The van der Waals surface area contributed by atoms with Gasteiger partial charge in [0, 0.05) is 13.0 Å². The van der Waals surface area contributed by atoms with Crippen molar-refractivity contribution >= 4 is 0 Å². The predicted molar refractivity (Wildman–Crippen MR) is 51.4 cm³/mol. The zero-order valence-electron chi connectivity index (χ0n) is 7.79. The molecule has 0 saturated heterocycles. The number of benzene rings is 1. The number of rotatable bonds is 4. The summed E-state index contributed by atoms with van der Waals surface area (Å²) in [5.74, 6) is 0.552. The van der Waals surface area contributed by atoms with E-state index >= 15 is 0 Å². The summed E-state index contributed by atoms with van der Waals surface area (Å²) in [7, 11) is 1.76. The molecule has 1 rings (SSSR count). The summed E-state index contributed by atoms with van der Waals surface area (Å²) < 4.78 is 5.15. The van der Waals surface area contributed by atoms with Crippen molar-refractivity contribution in [3.8, 4) is 0 Å². The number of ether oxygens (including phenoxy) is 1. The van der Waals surface area contributed by atoms with E-state index in [0.717, 1.165) is 13.0 Å². The van der Waals surface area contributed by atoms with Gasteiger partial charge in [0.15, 0.2) is 0 Å².